The number of hydrogen-bond donors (Lipinski definition) is 1. The molecule has 1 saturated carbocycles. The zero-order chi connectivity index (χ0) is 15.2. The molecule has 0 aliphatic heterocycles. The summed E-state index contributed by atoms with van der Waals surface area (Å²) in [6, 6.07) is 9.80. The Morgan fingerprint density at radius 3 is 2.33 bits per heavy atom. The van der Waals surface area contributed by atoms with Crippen molar-refractivity contribution in [3.05, 3.63) is 29.8 Å². The minimum absolute atomic E-state index is 0.670. The molecule has 1 aliphatic carbocycles. The highest BCUT2D eigenvalue weighted by Crippen LogP contribution is 2.30. The molecule has 0 aromatic heterocycles. The van der Waals surface area contributed by atoms with Gasteiger partial charge in [-0.25, -0.2) is 0 Å². The average Bonchev–Trinajstić information content (AvgIpc) is 2.73. The lowest BCUT2D eigenvalue weighted by molar-refractivity contribution is 0.341. The Morgan fingerprint density at radius 1 is 1.00 bits per heavy atom. The summed E-state index contributed by atoms with van der Waals surface area (Å²) in [6.07, 6.45) is 8.06. The smallest absolute Gasteiger partial charge is 0.0342 e. The lowest BCUT2D eigenvalue weighted by Gasteiger charge is -2.20. The van der Waals surface area contributed by atoms with Crippen molar-refractivity contribution in [3.8, 4) is 0 Å². The second kappa shape index (κ2) is 7.87. The zero-order valence-corrected chi connectivity index (χ0v) is 14.4. The molecule has 3 atom stereocenters. The maximum absolute atomic E-state index is 3.76. The fraction of sp³-hybridized carbons (Fsp3) is 0.700. The van der Waals surface area contributed by atoms with Gasteiger partial charge in [-0.1, -0.05) is 52.7 Å². The van der Waals surface area contributed by atoms with Crippen molar-refractivity contribution >= 4 is 5.69 Å². The summed E-state index contributed by atoms with van der Waals surface area (Å²) in [7, 11) is 0. The molecule has 1 nitrogen and oxygen atoms in total. The molecular formula is C20H33N. The van der Waals surface area contributed by atoms with E-state index in [0.717, 1.165) is 11.8 Å². The Kier molecular flexibility index (Phi) is 6.14. The van der Waals surface area contributed by atoms with Gasteiger partial charge in [-0.05, 0) is 61.1 Å². The van der Waals surface area contributed by atoms with Crippen molar-refractivity contribution in [3.63, 3.8) is 0 Å². The van der Waals surface area contributed by atoms with Crippen LogP contribution in [0.25, 0.3) is 0 Å². The van der Waals surface area contributed by atoms with Crippen LogP contribution in [0.3, 0.4) is 0 Å². The minimum atomic E-state index is 0.670. The Hall–Kier alpha value is -0.980. The third kappa shape index (κ3) is 4.76. The summed E-state index contributed by atoms with van der Waals surface area (Å²) >= 11 is 0. The van der Waals surface area contributed by atoms with Gasteiger partial charge in [0.05, 0.1) is 0 Å². The molecule has 0 spiro atoms. The van der Waals surface area contributed by atoms with Gasteiger partial charge in [0.15, 0.2) is 0 Å². The van der Waals surface area contributed by atoms with Gasteiger partial charge in [-0.3, -0.25) is 0 Å². The molecule has 1 aromatic rings. The summed E-state index contributed by atoms with van der Waals surface area (Å²) in [5, 5.41) is 3.76. The predicted octanol–water partition coefficient (Wildman–Crippen LogP) is 6.22. The molecule has 1 heteroatoms. The van der Waals surface area contributed by atoms with E-state index in [1.54, 1.807) is 0 Å². The first-order chi connectivity index (χ1) is 10.1. The van der Waals surface area contributed by atoms with E-state index < -0.39 is 0 Å². The molecule has 1 fully saturated rings. The van der Waals surface area contributed by atoms with Crippen LogP contribution in [0.15, 0.2) is 24.3 Å². The van der Waals surface area contributed by atoms with Gasteiger partial charge < -0.3 is 5.32 Å². The first-order valence-electron chi connectivity index (χ1n) is 8.96. The summed E-state index contributed by atoms with van der Waals surface area (Å²) < 4.78 is 0. The van der Waals surface area contributed by atoms with Crippen molar-refractivity contribution in [2.75, 3.05) is 5.32 Å². The standard InChI is InChI=1S/C20H33N/c1-5-16(4)18-10-13-20(14-11-18)21-19-8-6-7-17(9-12-19)15(2)3/h10-11,13-17,19,21H,5-9,12H2,1-4H3. The highest BCUT2D eigenvalue weighted by atomic mass is 14.9. The van der Waals surface area contributed by atoms with Gasteiger partial charge in [0.1, 0.15) is 0 Å². The van der Waals surface area contributed by atoms with E-state index in [1.807, 2.05) is 0 Å². The number of anilines is 1. The maximum atomic E-state index is 3.76. The molecule has 0 amide bonds. The van der Waals surface area contributed by atoms with Crippen LogP contribution in [-0.4, -0.2) is 6.04 Å². The predicted molar refractivity (Wildman–Crippen MR) is 94.0 cm³/mol. The van der Waals surface area contributed by atoms with Crippen molar-refractivity contribution < 1.29 is 0 Å². The maximum Gasteiger partial charge on any atom is 0.0342 e. The van der Waals surface area contributed by atoms with Crippen molar-refractivity contribution in [2.45, 2.75) is 78.2 Å². The van der Waals surface area contributed by atoms with Gasteiger partial charge in [-0.15, -0.1) is 0 Å². The van der Waals surface area contributed by atoms with Crippen LogP contribution in [-0.2, 0) is 0 Å². The van der Waals surface area contributed by atoms with Gasteiger partial charge in [-0.2, -0.15) is 0 Å². The summed E-state index contributed by atoms with van der Waals surface area (Å²) in [5.41, 5.74) is 2.76. The second-order valence-corrected chi connectivity index (χ2v) is 7.28. The highest BCUT2D eigenvalue weighted by Gasteiger charge is 2.20. The van der Waals surface area contributed by atoms with Crippen LogP contribution < -0.4 is 5.32 Å². The Bertz CT molecular complexity index is 406. The number of nitrogens with one attached hydrogen (secondary N) is 1. The van der Waals surface area contributed by atoms with E-state index in [-0.39, 0.29) is 0 Å². The van der Waals surface area contributed by atoms with E-state index >= 15 is 0 Å². The summed E-state index contributed by atoms with van der Waals surface area (Å²) in [4.78, 5) is 0. The molecule has 1 aromatic carbocycles. The molecule has 21 heavy (non-hydrogen) atoms. The van der Waals surface area contributed by atoms with Gasteiger partial charge in [0, 0.05) is 11.7 Å². The Morgan fingerprint density at radius 2 is 1.71 bits per heavy atom. The first-order valence-corrected chi connectivity index (χ1v) is 8.96. The van der Waals surface area contributed by atoms with Crippen LogP contribution >= 0.6 is 0 Å². The van der Waals surface area contributed by atoms with Crippen LogP contribution in [0.2, 0.25) is 0 Å². The Labute approximate surface area is 131 Å². The SMILES string of the molecule is CCC(C)c1ccc(NC2CCCC(C(C)C)CC2)cc1. The van der Waals surface area contributed by atoms with Crippen molar-refractivity contribution in [2.24, 2.45) is 11.8 Å². The van der Waals surface area contributed by atoms with E-state index in [0.29, 0.717) is 12.0 Å². The van der Waals surface area contributed by atoms with E-state index in [9.17, 15) is 0 Å². The average molecular weight is 287 g/mol. The molecule has 118 valence electrons. The van der Waals surface area contributed by atoms with Gasteiger partial charge in [0.2, 0.25) is 0 Å². The normalized spacial score (nSPS) is 24.6. The third-order valence-electron chi connectivity index (χ3n) is 5.42. The first kappa shape index (κ1) is 16.4. The molecule has 0 radical (unpaired) electrons. The van der Waals surface area contributed by atoms with Gasteiger partial charge in [0.25, 0.3) is 0 Å². The fourth-order valence-corrected chi connectivity index (χ4v) is 3.52. The van der Waals surface area contributed by atoms with Crippen molar-refractivity contribution in [1.82, 2.24) is 0 Å². The van der Waals surface area contributed by atoms with E-state index in [1.165, 1.54) is 49.8 Å². The molecule has 0 heterocycles. The lowest BCUT2D eigenvalue weighted by Crippen LogP contribution is -2.18. The Balaban J connectivity index is 1.89. The highest BCUT2D eigenvalue weighted by molar-refractivity contribution is 5.46. The fourth-order valence-electron chi connectivity index (χ4n) is 3.52. The van der Waals surface area contributed by atoms with E-state index in [4.69, 9.17) is 0 Å². The third-order valence-corrected chi connectivity index (χ3v) is 5.42. The van der Waals surface area contributed by atoms with Crippen LogP contribution in [0.1, 0.15) is 77.7 Å². The number of rotatable bonds is 5. The summed E-state index contributed by atoms with van der Waals surface area (Å²) in [5.74, 6) is 2.45. The lowest BCUT2D eigenvalue weighted by atomic mass is 9.89. The monoisotopic (exact) mass is 287 g/mol. The number of hydrogen-bond acceptors (Lipinski definition) is 1. The molecule has 1 aliphatic rings. The topological polar surface area (TPSA) is 12.0 Å². The zero-order valence-electron chi connectivity index (χ0n) is 14.4. The van der Waals surface area contributed by atoms with Crippen LogP contribution in [0.5, 0.6) is 0 Å². The molecule has 3 unspecified atom stereocenters. The number of benzene rings is 1. The van der Waals surface area contributed by atoms with Crippen LogP contribution in [0.4, 0.5) is 5.69 Å². The van der Waals surface area contributed by atoms with Crippen LogP contribution in [0, 0.1) is 11.8 Å². The second-order valence-electron chi connectivity index (χ2n) is 7.28. The quantitative estimate of drug-likeness (QED) is 0.634. The molecule has 2 rings (SSSR count). The largest absolute Gasteiger partial charge is 0.382 e. The summed E-state index contributed by atoms with van der Waals surface area (Å²) in [6.45, 7) is 9.32. The molecular weight excluding hydrogens is 254 g/mol. The molecule has 1 N–H and O–H groups in total. The molecule has 0 bridgehead atoms. The molecule has 0 saturated heterocycles. The van der Waals surface area contributed by atoms with Crippen molar-refractivity contribution in [1.29, 1.82) is 0 Å². The minimum Gasteiger partial charge on any atom is -0.382 e. The van der Waals surface area contributed by atoms with E-state index in [2.05, 4.69) is 57.3 Å². The van der Waals surface area contributed by atoms with Gasteiger partial charge >= 0.3 is 0 Å².